The van der Waals surface area contributed by atoms with Gasteiger partial charge in [0.25, 0.3) is 11.8 Å². The first kappa shape index (κ1) is 20.6. The van der Waals surface area contributed by atoms with Crippen molar-refractivity contribution < 1.29 is 23.9 Å². The van der Waals surface area contributed by atoms with E-state index in [1.807, 2.05) is 31.2 Å². The Bertz CT molecular complexity index is 1080. The van der Waals surface area contributed by atoms with Crippen LogP contribution in [0.2, 0.25) is 0 Å². The van der Waals surface area contributed by atoms with Crippen LogP contribution in [0.4, 0.5) is 0 Å². The first-order chi connectivity index (χ1) is 14.9. The lowest BCUT2D eigenvalue weighted by atomic mass is 10.0. The Kier molecular flexibility index (Phi) is 5.46. The number of carbonyl (C=O) groups is 4. The Morgan fingerprint density at radius 1 is 1.19 bits per heavy atom. The van der Waals surface area contributed by atoms with Gasteiger partial charge in [0.05, 0.1) is 13.2 Å². The van der Waals surface area contributed by atoms with E-state index in [1.54, 1.807) is 25.3 Å². The molecule has 1 unspecified atom stereocenters. The Morgan fingerprint density at radius 3 is 2.74 bits per heavy atom. The van der Waals surface area contributed by atoms with Crippen molar-refractivity contribution in [2.45, 2.75) is 38.4 Å². The maximum Gasteiger partial charge on any atom is 0.255 e. The van der Waals surface area contributed by atoms with Crippen LogP contribution in [-0.2, 0) is 16.1 Å². The minimum absolute atomic E-state index is 0.201. The molecule has 160 valence electrons. The fraction of sp³-hybridized carbons (Fsp3) is 0.304. The summed E-state index contributed by atoms with van der Waals surface area (Å²) in [5, 5.41) is 5.24. The molecular formula is C23H23N3O5. The standard InChI is InChI=1S/C23H23N3O5/c1-13(14-4-3-5-17(11-14)31-2)24-21(28)15-6-7-18-16(10-15)12-26(23(18)30)19-8-9-20(27)25-22(19)29/h3-7,10-11,13,19H,8-9,12H2,1-2H3,(H,24,28)(H,25,27,29)/t13-,19?/m0/s1. The Morgan fingerprint density at radius 2 is 2.00 bits per heavy atom. The number of rotatable bonds is 5. The van der Waals surface area contributed by atoms with Crippen LogP contribution in [0.1, 0.15) is 57.7 Å². The largest absolute Gasteiger partial charge is 0.497 e. The average Bonchev–Trinajstić information content (AvgIpc) is 3.09. The fourth-order valence-corrected chi connectivity index (χ4v) is 3.99. The molecule has 0 spiro atoms. The summed E-state index contributed by atoms with van der Waals surface area (Å²) in [7, 11) is 1.59. The van der Waals surface area contributed by atoms with Gasteiger partial charge in [0, 0.05) is 24.1 Å². The van der Waals surface area contributed by atoms with Gasteiger partial charge in [0.15, 0.2) is 0 Å². The van der Waals surface area contributed by atoms with Gasteiger partial charge in [-0.25, -0.2) is 0 Å². The van der Waals surface area contributed by atoms with Crippen LogP contribution >= 0.6 is 0 Å². The quantitative estimate of drug-likeness (QED) is 0.718. The summed E-state index contributed by atoms with van der Waals surface area (Å²) in [5.74, 6) is -0.591. The van der Waals surface area contributed by atoms with E-state index in [2.05, 4.69) is 10.6 Å². The van der Waals surface area contributed by atoms with Crippen LogP contribution in [0.25, 0.3) is 0 Å². The normalized spacial score (nSPS) is 19.0. The topological polar surface area (TPSA) is 105 Å². The van der Waals surface area contributed by atoms with E-state index < -0.39 is 11.9 Å². The van der Waals surface area contributed by atoms with Gasteiger partial charge in [-0.05, 0) is 54.8 Å². The number of hydrogen-bond donors (Lipinski definition) is 2. The summed E-state index contributed by atoms with van der Waals surface area (Å²) in [6, 6.07) is 11.5. The molecule has 2 aromatic carbocycles. The van der Waals surface area contributed by atoms with Crippen LogP contribution in [0.15, 0.2) is 42.5 Å². The van der Waals surface area contributed by atoms with Gasteiger partial charge in [-0.2, -0.15) is 0 Å². The molecule has 2 heterocycles. The molecule has 0 aromatic heterocycles. The summed E-state index contributed by atoms with van der Waals surface area (Å²) in [6.45, 7) is 2.11. The lowest BCUT2D eigenvalue weighted by Gasteiger charge is -2.29. The molecule has 1 saturated heterocycles. The van der Waals surface area contributed by atoms with Crippen molar-refractivity contribution >= 4 is 23.6 Å². The van der Waals surface area contributed by atoms with Crippen LogP contribution < -0.4 is 15.4 Å². The SMILES string of the molecule is COc1cccc([C@H](C)NC(=O)c2ccc3c(c2)CN(C2CCC(=O)NC2=O)C3=O)c1. The van der Waals surface area contributed by atoms with Crippen molar-refractivity contribution in [3.63, 3.8) is 0 Å². The maximum absolute atomic E-state index is 12.8. The maximum atomic E-state index is 12.8. The van der Waals surface area contributed by atoms with Gasteiger partial charge in [0.2, 0.25) is 11.8 Å². The number of fused-ring (bicyclic) bond motifs is 1. The number of ether oxygens (including phenoxy) is 1. The average molecular weight is 421 g/mol. The smallest absolute Gasteiger partial charge is 0.255 e. The van der Waals surface area contributed by atoms with Crippen molar-refractivity contribution in [1.29, 1.82) is 0 Å². The lowest BCUT2D eigenvalue weighted by Crippen LogP contribution is -2.52. The molecule has 2 N–H and O–H groups in total. The second-order valence-corrected chi connectivity index (χ2v) is 7.74. The Hall–Kier alpha value is -3.68. The second-order valence-electron chi connectivity index (χ2n) is 7.74. The minimum Gasteiger partial charge on any atom is -0.497 e. The number of nitrogens with one attached hydrogen (secondary N) is 2. The summed E-state index contributed by atoms with van der Waals surface area (Å²) in [6.07, 6.45) is 0.502. The van der Waals surface area contributed by atoms with Gasteiger partial charge in [-0.1, -0.05) is 12.1 Å². The second kappa shape index (κ2) is 8.22. The van der Waals surface area contributed by atoms with E-state index >= 15 is 0 Å². The Balaban J connectivity index is 1.48. The zero-order valence-electron chi connectivity index (χ0n) is 17.3. The molecule has 31 heavy (non-hydrogen) atoms. The summed E-state index contributed by atoms with van der Waals surface area (Å²) < 4.78 is 5.23. The molecule has 2 aromatic rings. The highest BCUT2D eigenvalue weighted by Gasteiger charge is 2.39. The number of benzene rings is 2. The van der Waals surface area contributed by atoms with E-state index in [0.29, 0.717) is 28.9 Å². The molecule has 2 aliphatic rings. The molecule has 0 radical (unpaired) electrons. The number of carbonyl (C=O) groups excluding carboxylic acids is 4. The van der Waals surface area contributed by atoms with Gasteiger partial charge in [-0.3, -0.25) is 24.5 Å². The van der Waals surface area contributed by atoms with Crippen LogP contribution in [0, 0.1) is 0 Å². The number of methoxy groups -OCH3 is 1. The molecule has 1 fully saturated rings. The van der Waals surface area contributed by atoms with E-state index in [-0.39, 0.29) is 36.7 Å². The summed E-state index contributed by atoms with van der Waals surface area (Å²) in [4.78, 5) is 50.6. The predicted octanol–water partition coefficient (Wildman–Crippen LogP) is 1.95. The molecule has 0 aliphatic carbocycles. The molecule has 4 rings (SSSR count). The molecule has 4 amide bonds. The molecule has 8 nitrogen and oxygen atoms in total. The van der Waals surface area contributed by atoms with Crippen molar-refractivity contribution in [3.8, 4) is 5.75 Å². The van der Waals surface area contributed by atoms with Crippen molar-refractivity contribution in [2.75, 3.05) is 7.11 Å². The van der Waals surface area contributed by atoms with E-state index in [1.165, 1.54) is 4.90 Å². The first-order valence-electron chi connectivity index (χ1n) is 10.1. The van der Waals surface area contributed by atoms with Crippen molar-refractivity contribution in [2.24, 2.45) is 0 Å². The zero-order valence-corrected chi connectivity index (χ0v) is 17.3. The predicted molar refractivity (Wildman–Crippen MR) is 111 cm³/mol. The summed E-state index contributed by atoms with van der Waals surface area (Å²) in [5.41, 5.74) is 2.51. The van der Waals surface area contributed by atoms with E-state index in [9.17, 15) is 19.2 Å². The highest BCUT2D eigenvalue weighted by molar-refractivity contribution is 6.06. The monoisotopic (exact) mass is 421 g/mol. The Labute approximate surface area is 179 Å². The van der Waals surface area contributed by atoms with Gasteiger partial charge >= 0.3 is 0 Å². The molecule has 8 heteroatoms. The van der Waals surface area contributed by atoms with Gasteiger partial charge in [-0.15, -0.1) is 0 Å². The zero-order chi connectivity index (χ0) is 22.1. The molecular weight excluding hydrogens is 398 g/mol. The third kappa shape index (κ3) is 4.01. The van der Waals surface area contributed by atoms with E-state index in [0.717, 1.165) is 5.56 Å². The summed E-state index contributed by atoms with van der Waals surface area (Å²) >= 11 is 0. The van der Waals surface area contributed by atoms with Crippen LogP contribution in [0.5, 0.6) is 5.75 Å². The van der Waals surface area contributed by atoms with Crippen LogP contribution in [0.3, 0.4) is 0 Å². The number of imide groups is 1. The fourth-order valence-electron chi connectivity index (χ4n) is 3.99. The number of amides is 4. The van der Waals surface area contributed by atoms with Gasteiger partial charge in [0.1, 0.15) is 11.8 Å². The number of hydrogen-bond acceptors (Lipinski definition) is 5. The third-order valence-corrected chi connectivity index (χ3v) is 5.73. The van der Waals surface area contributed by atoms with E-state index in [4.69, 9.17) is 4.74 Å². The number of piperidine rings is 1. The molecule has 0 bridgehead atoms. The first-order valence-corrected chi connectivity index (χ1v) is 10.1. The third-order valence-electron chi connectivity index (χ3n) is 5.73. The van der Waals surface area contributed by atoms with Crippen molar-refractivity contribution in [1.82, 2.24) is 15.5 Å². The lowest BCUT2D eigenvalue weighted by molar-refractivity contribution is -0.136. The molecule has 0 saturated carbocycles. The highest BCUT2D eigenvalue weighted by Crippen LogP contribution is 2.28. The van der Waals surface area contributed by atoms with Crippen molar-refractivity contribution in [3.05, 3.63) is 64.7 Å². The van der Waals surface area contributed by atoms with Gasteiger partial charge < -0.3 is 15.0 Å². The van der Waals surface area contributed by atoms with Crippen LogP contribution in [-0.4, -0.2) is 41.7 Å². The molecule has 2 aliphatic heterocycles. The molecule has 2 atom stereocenters. The minimum atomic E-state index is -0.678. The highest BCUT2D eigenvalue weighted by atomic mass is 16.5. The number of nitrogens with zero attached hydrogens (tertiary/aromatic N) is 1.